The van der Waals surface area contributed by atoms with Crippen molar-refractivity contribution in [2.45, 2.75) is 0 Å². The molecule has 4 N–H and O–H groups in total. The Bertz CT molecular complexity index is 703. The molecule has 0 saturated carbocycles. The minimum Gasteiger partial charge on any atom is -0.398 e. The fraction of sp³-hybridized carbons (Fsp3) is 0. The molecule has 0 amide bonds. The lowest BCUT2D eigenvalue weighted by Gasteiger charge is -2.00. The zero-order valence-electron chi connectivity index (χ0n) is 8.46. The van der Waals surface area contributed by atoms with Gasteiger partial charge in [-0.2, -0.15) is 4.52 Å². The van der Waals surface area contributed by atoms with E-state index in [1.54, 1.807) is 16.6 Å². The number of halogens is 1. The van der Waals surface area contributed by atoms with Crippen molar-refractivity contribution < 1.29 is 0 Å². The molecule has 3 rings (SSSR count). The van der Waals surface area contributed by atoms with Crippen LogP contribution in [0, 0.1) is 0 Å². The molecule has 8 heteroatoms. The van der Waals surface area contributed by atoms with Crippen molar-refractivity contribution in [2.24, 2.45) is 0 Å². The maximum Gasteiger partial charge on any atom is 0.236 e. The van der Waals surface area contributed by atoms with Crippen molar-refractivity contribution in [2.75, 3.05) is 11.5 Å². The third-order valence-corrected chi connectivity index (χ3v) is 3.33. The van der Waals surface area contributed by atoms with Gasteiger partial charge in [0.2, 0.25) is 10.1 Å². The first kappa shape index (κ1) is 10.3. The van der Waals surface area contributed by atoms with Crippen molar-refractivity contribution >= 4 is 38.7 Å². The zero-order chi connectivity index (χ0) is 12.0. The van der Waals surface area contributed by atoms with E-state index in [4.69, 9.17) is 23.1 Å². The normalized spacial score (nSPS) is 11.1. The van der Waals surface area contributed by atoms with Crippen LogP contribution in [-0.4, -0.2) is 19.8 Å². The van der Waals surface area contributed by atoms with Gasteiger partial charge < -0.3 is 11.5 Å². The van der Waals surface area contributed by atoms with E-state index in [1.165, 1.54) is 11.3 Å². The fourth-order valence-electron chi connectivity index (χ4n) is 1.49. The van der Waals surface area contributed by atoms with Gasteiger partial charge in [-0.05, 0) is 18.2 Å². The Kier molecular flexibility index (Phi) is 2.17. The standard InChI is InChI=1S/C9H7ClN6S/c10-5-2-1-4(3-6(5)11)7-13-14-9-16(7)15-8(12)17-9/h1-3H,11H2,(H2,12,15). The molecule has 0 saturated heterocycles. The zero-order valence-corrected chi connectivity index (χ0v) is 10.0. The highest BCUT2D eigenvalue weighted by atomic mass is 35.5. The molecule has 0 bridgehead atoms. The lowest BCUT2D eigenvalue weighted by molar-refractivity contribution is 0.973. The Morgan fingerprint density at radius 1 is 1.24 bits per heavy atom. The molecule has 0 aliphatic rings. The largest absolute Gasteiger partial charge is 0.398 e. The molecule has 0 unspecified atom stereocenters. The van der Waals surface area contributed by atoms with Crippen molar-refractivity contribution in [3.8, 4) is 11.4 Å². The molecule has 0 atom stereocenters. The quantitative estimate of drug-likeness (QED) is 0.653. The maximum absolute atomic E-state index is 5.86. The maximum atomic E-state index is 5.86. The SMILES string of the molecule is Nc1nn2c(-c3ccc(Cl)c(N)c3)nnc2s1. The number of aromatic nitrogens is 4. The van der Waals surface area contributed by atoms with E-state index in [0.717, 1.165) is 5.56 Å². The minimum atomic E-state index is 0.443. The molecule has 0 aliphatic heterocycles. The summed E-state index contributed by atoms with van der Waals surface area (Å²) >= 11 is 7.14. The van der Waals surface area contributed by atoms with Gasteiger partial charge in [-0.1, -0.05) is 22.9 Å². The van der Waals surface area contributed by atoms with Crippen LogP contribution in [0.15, 0.2) is 18.2 Å². The van der Waals surface area contributed by atoms with Crippen LogP contribution in [0.25, 0.3) is 16.3 Å². The Hall–Kier alpha value is -1.86. The first-order valence-electron chi connectivity index (χ1n) is 4.68. The molecule has 0 spiro atoms. The Morgan fingerprint density at radius 2 is 2.06 bits per heavy atom. The number of hydrogen-bond acceptors (Lipinski definition) is 6. The fourth-order valence-corrected chi connectivity index (χ4v) is 2.22. The first-order valence-corrected chi connectivity index (χ1v) is 5.88. The highest BCUT2D eigenvalue weighted by Crippen LogP contribution is 2.27. The molecule has 86 valence electrons. The van der Waals surface area contributed by atoms with Gasteiger partial charge in [-0.3, -0.25) is 0 Å². The number of rotatable bonds is 1. The van der Waals surface area contributed by atoms with Crippen LogP contribution in [0.3, 0.4) is 0 Å². The monoisotopic (exact) mass is 266 g/mol. The molecule has 0 radical (unpaired) electrons. The second-order valence-corrected chi connectivity index (χ2v) is 4.79. The van der Waals surface area contributed by atoms with Gasteiger partial charge in [0.15, 0.2) is 5.82 Å². The molecule has 6 nitrogen and oxygen atoms in total. The molecule has 0 aliphatic carbocycles. The van der Waals surface area contributed by atoms with Crippen LogP contribution >= 0.6 is 22.9 Å². The molecule has 3 aromatic rings. The molecular weight excluding hydrogens is 260 g/mol. The minimum absolute atomic E-state index is 0.443. The number of nitrogens with two attached hydrogens (primary N) is 2. The molecular formula is C9H7ClN6S. The van der Waals surface area contributed by atoms with Gasteiger partial charge in [0, 0.05) is 5.56 Å². The van der Waals surface area contributed by atoms with Gasteiger partial charge in [-0.25, -0.2) is 0 Å². The van der Waals surface area contributed by atoms with E-state index in [0.29, 0.717) is 26.6 Å². The van der Waals surface area contributed by atoms with Gasteiger partial charge in [-0.15, -0.1) is 15.3 Å². The summed E-state index contributed by atoms with van der Waals surface area (Å²) in [5.74, 6) is 0.594. The summed E-state index contributed by atoms with van der Waals surface area (Å²) in [6.07, 6.45) is 0. The lowest BCUT2D eigenvalue weighted by atomic mass is 10.2. The second-order valence-electron chi connectivity index (χ2n) is 3.39. The number of hydrogen-bond donors (Lipinski definition) is 2. The average Bonchev–Trinajstić information content (AvgIpc) is 2.81. The molecule has 2 heterocycles. The van der Waals surface area contributed by atoms with Crippen LogP contribution in [0.4, 0.5) is 10.8 Å². The van der Waals surface area contributed by atoms with Gasteiger partial charge in [0.25, 0.3) is 0 Å². The summed E-state index contributed by atoms with van der Waals surface area (Å²) in [5.41, 5.74) is 12.6. The smallest absolute Gasteiger partial charge is 0.236 e. The number of benzene rings is 1. The number of fused-ring (bicyclic) bond motifs is 1. The van der Waals surface area contributed by atoms with Gasteiger partial charge in [0.1, 0.15) is 0 Å². The summed E-state index contributed by atoms with van der Waals surface area (Å²) in [6.45, 7) is 0. The van der Waals surface area contributed by atoms with E-state index in [1.807, 2.05) is 6.07 Å². The van der Waals surface area contributed by atoms with Gasteiger partial charge >= 0.3 is 0 Å². The number of nitrogens with zero attached hydrogens (tertiary/aromatic N) is 4. The van der Waals surface area contributed by atoms with Crippen molar-refractivity contribution in [1.82, 2.24) is 19.8 Å². The Labute approximate surface area is 105 Å². The Morgan fingerprint density at radius 3 is 2.82 bits per heavy atom. The van der Waals surface area contributed by atoms with Crippen molar-refractivity contribution in [1.29, 1.82) is 0 Å². The van der Waals surface area contributed by atoms with Crippen LogP contribution < -0.4 is 11.5 Å². The number of nitrogen functional groups attached to an aromatic ring is 2. The van der Waals surface area contributed by atoms with E-state index in [9.17, 15) is 0 Å². The third kappa shape index (κ3) is 1.60. The van der Waals surface area contributed by atoms with Gasteiger partial charge in [0.05, 0.1) is 10.7 Å². The molecule has 17 heavy (non-hydrogen) atoms. The van der Waals surface area contributed by atoms with Crippen LogP contribution in [-0.2, 0) is 0 Å². The Balaban J connectivity index is 2.22. The predicted octanol–water partition coefficient (Wildman–Crippen LogP) is 1.67. The summed E-state index contributed by atoms with van der Waals surface area (Å²) in [5, 5.41) is 13.1. The summed E-state index contributed by atoms with van der Waals surface area (Å²) in [7, 11) is 0. The van der Waals surface area contributed by atoms with E-state index in [-0.39, 0.29) is 0 Å². The van der Waals surface area contributed by atoms with Crippen LogP contribution in [0.2, 0.25) is 5.02 Å². The second kappa shape index (κ2) is 3.57. The highest BCUT2D eigenvalue weighted by molar-refractivity contribution is 7.20. The van der Waals surface area contributed by atoms with Crippen LogP contribution in [0.5, 0.6) is 0 Å². The molecule has 1 aromatic carbocycles. The van der Waals surface area contributed by atoms with Crippen molar-refractivity contribution in [3.63, 3.8) is 0 Å². The van der Waals surface area contributed by atoms with E-state index in [2.05, 4.69) is 15.3 Å². The summed E-state index contributed by atoms with van der Waals surface area (Å²) < 4.78 is 1.59. The lowest BCUT2D eigenvalue weighted by Crippen LogP contribution is -1.94. The number of anilines is 2. The summed E-state index contributed by atoms with van der Waals surface area (Å²) in [4.78, 5) is 0.644. The van der Waals surface area contributed by atoms with Crippen molar-refractivity contribution in [3.05, 3.63) is 23.2 Å². The molecule has 0 fully saturated rings. The van der Waals surface area contributed by atoms with E-state index >= 15 is 0 Å². The first-order chi connectivity index (χ1) is 8.15. The third-order valence-electron chi connectivity index (χ3n) is 2.26. The topological polar surface area (TPSA) is 95.1 Å². The van der Waals surface area contributed by atoms with Crippen LogP contribution in [0.1, 0.15) is 0 Å². The molecule has 2 aromatic heterocycles. The predicted molar refractivity (Wildman–Crippen MR) is 67.9 cm³/mol. The van der Waals surface area contributed by atoms with E-state index < -0.39 is 0 Å². The highest BCUT2D eigenvalue weighted by Gasteiger charge is 2.12. The summed E-state index contributed by atoms with van der Waals surface area (Å²) in [6, 6.07) is 5.25. The average molecular weight is 267 g/mol.